The van der Waals surface area contributed by atoms with Gasteiger partial charge in [-0.1, -0.05) is 0 Å². The standard InChI is InChI=1S/C12H17NO5/c1-7(13-11(16)18-12(2,3)4)8-5-6-9(17-8)10(14)15/h5-7H,1-4H3,(H,13,16)(H,14,15). The number of rotatable bonds is 3. The summed E-state index contributed by atoms with van der Waals surface area (Å²) in [7, 11) is 0. The van der Waals surface area contributed by atoms with Crippen molar-refractivity contribution in [3.63, 3.8) is 0 Å². The average Bonchev–Trinajstić information content (AvgIpc) is 2.62. The number of carboxylic acids is 1. The van der Waals surface area contributed by atoms with Gasteiger partial charge in [0.25, 0.3) is 0 Å². The molecule has 0 fully saturated rings. The van der Waals surface area contributed by atoms with Gasteiger partial charge in [-0.25, -0.2) is 9.59 Å². The van der Waals surface area contributed by atoms with Crippen LogP contribution >= 0.6 is 0 Å². The van der Waals surface area contributed by atoms with E-state index >= 15 is 0 Å². The molecule has 0 aliphatic carbocycles. The largest absolute Gasteiger partial charge is 0.475 e. The molecule has 1 rings (SSSR count). The minimum Gasteiger partial charge on any atom is -0.475 e. The van der Waals surface area contributed by atoms with Crippen LogP contribution in [0.3, 0.4) is 0 Å². The molecule has 6 heteroatoms. The van der Waals surface area contributed by atoms with Crippen molar-refractivity contribution in [2.45, 2.75) is 39.3 Å². The van der Waals surface area contributed by atoms with Crippen molar-refractivity contribution in [2.75, 3.05) is 0 Å². The van der Waals surface area contributed by atoms with E-state index in [1.807, 2.05) is 0 Å². The Morgan fingerprint density at radius 1 is 1.39 bits per heavy atom. The Kier molecular flexibility index (Phi) is 4.00. The molecule has 0 aliphatic heterocycles. The Hall–Kier alpha value is -1.98. The summed E-state index contributed by atoms with van der Waals surface area (Å²) in [6.45, 7) is 6.94. The Labute approximate surface area is 105 Å². The van der Waals surface area contributed by atoms with Gasteiger partial charge in [-0.2, -0.15) is 0 Å². The second-order valence-electron chi connectivity index (χ2n) is 4.88. The van der Waals surface area contributed by atoms with E-state index in [9.17, 15) is 9.59 Å². The smallest absolute Gasteiger partial charge is 0.408 e. The van der Waals surface area contributed by atoms with Crippen LogP contribution in [0.15, 0.2) is 16.5 Å². The van der Waals surface area contributed by atoms with Gasteiger partial charge in [0, 0.05) is 0 Å². The predicted octanol–water partition coefficient (Wildman–Crippen LogP) is 2.56. The molecule has 0 aliphatic rings. The van der Waals surface area contributed by atoms with Crippen LogP contribution in [0.25, 0.3) is 0 Å². The zero-order valence-electron chi connectivity index (χ0n) is 10.8. The van der Waals surface area contributed by atoms with Crippen LogP contribution in [0, 0.1) is 0 Å². The fourth-order valence-corrected chi connectivity index (χ4v) is 1.26. The summed E-state index contributed by atoms with van der Waals surface area (Å²) >= 11 is 0. The van der Waals surface area contributed by atoms with Gasteiger partial charge in [0.2, 0.25) is 5.76 Å². The number of carboxylic acid groups (broad SMARTS) is 1. The van der Waals surface area contributed by atoms with Crippen molar-refractivity contribution < 1.29 is 23.8 Å². The van der Waals surface area contributed by atoms with Crippen LogP contribution in [0.2, 0.25) is 0 Å². The number of aromatic carboxylic acids is 1. The highest BCUT2D eigenvalue weighted by Gasteiger charge is 2.20. The van der Waals surface area contributed by atoms with Gasteiger partial charge in [-0.05, 0) is 39.8 Å². The van der Waals surface area contributed by atoms with Crippen molar-refractivity contribution in [3.05, 3.63) is 23.7 Å². The van der Waals surface area contributed by atoms with E-state index in [0.717, 1.165) is 0 Å². The fraction of sp³-hybridized carbons (Fsp3) is 0.500. The zero-order valence-corrected chi connectivity index (χ0v) is 10.8. The van der Waals surface area contributed by atoms with Crippen LogP contribution in [-0.2, 0) is 4.74 Å². The van der Waals surface area contributed by atoms with E-state index in [1.165, 1.54) is 12.1 Å². The normalized spacial score (nSPS) is 12.9. The first kappa shape index (κ1) is 14.1. The number of carbonyl (C=O) groups is 2. The lowest BCUT2D eigenvalue weighted by molar-refractivity contribution is 0.0502. The molecule has 100 valence electrons. The van der Waals surface area contributed by atoms with Crippen molar-refractivity contribution in [1.29, 1.82) is 0 Å². The first-order valence-corrected chi connectivity index (χ1v) is 5.51. The first-order chi connectivity index (χ1) is 8.19. The average molecular weight is 255 g/mol. The van der Waals surface area contributed by atoms with Gasteiger partial charge in [0.1, 0.15) is 11.4 Å². The highest BCUT2D eigenvalue weighted by Crippen LogP contribution is 2.17. The Morgan fingerprint density at radius 2 is 2.00 bits per heavy atom. The zero-order chi connectivity index (χ0) is 13.9. The SMILES string of the molecule is CC(NC(=O)OC(C)(C)C)c1ccc(C(=O)O)o1. The maximum absolute atomic E-state index is 11.5. The second-order valence-corrected chi connectivity index (χ2v) is 4.88. The van der Waals surface area contributed by atoms with Gasteiger partial charge < -0.3 is 19.6 Å². The summed E-state index contributed by atoms with van der Waals surface area (Å²) in [5.41, 5.74) is -0.584. The number of carbonyl (C=O) groups excluding carboxylic acids is 1. The number of hydrogen-bond acceptors (Lipinski definition) is 4. The Balaban J connectivity index is 2.62. The molecular formula is C12H17NO5. The van der Waals surface area contributed by atoms with Gasteiger partial charge in [0.15, 0.2) is 0 Å². The Bertz CT molecular complexity index is 444. The maximum atomic E-state index is 11.5. The quantitative estimate of drug-likeness (QED) is 0.866. The lowest BCUT2D eigenvalue weighted by Gasteiger charge is -2.21. The molecule has 1 aromatic rings. The van der Waals surface area contributed by atoms with E-state index < -0.39 is 23.7 Å². The van der Waals surface area contributed by atoms with Crippen molar-refractivity contribution in [3.8, 4) is 0 Å². The minimum atomic E-state index is -1.15. The molecule has 6 nitrogen and oxygen atoms in total. The summed E-state index contributed by atoms with van der Waals surface area (Å²) < 4.78 is 10.1. The Morgan fingerprint density at radius 3 is 2.44 bits per heavy atom. The predicted molar refractivity (Wildman–Crippen MR) is 63.5 cm³/mol. The van der Waals surface area contributed by atoms with Crippen LogP contribution < -0.4 is 5.32 Å². The molecule has 0 saturated carbocycles. The summed E-state index contributed by atoms with van der Waals surface area (Å²) in [6.07, 6.45) is -0.580. The van der Waals surface area contributed by atoms with E-state index in [4.69, 9.17) is 14.3 Å². The topological polar surface area (TPSA) is 88.8 Å². The molecule has 0 saturated heterocycles. The number of ether oxygens (including phenoxy) is 1. The molecule has 18 heavy (non-hydrogen) atoms. The van der Waals surface area contributed by atoms with E-state index in [2.05, 4.69) is 5.32 Å². The van der Waals surface area contributed by atoms with E-state index in [1.54, 1.807) is 27.7 Å². The van der Waals surface area contributed by atoms with Gasteiger partial charge in [-0.3, -0.25) is 0 Å². The number of amides is 1. The summed E-state index contributed by atoms with van der Waals surface area (Å²) in [6, 6.07) is 2.38. The number of nitrogens with one attached hydrogen (secondary N) is 1. The second kappa shape index (κ2) is 5.12. The van der Waals surface area contributed by atoms with E-state index in [-0.39, 0.29) is 5.76 Å². The molecule has 0 spiro atoms. The molecule has 2 N–H and O–H groups in total. The molecule has 1 atom stereocenters. The molecule has 1 amide bonds. The first-order valence-electron chi connectivity index (χ1n) is 5.51. The van der Waals surface area contributed by atoms with Crippen LogP contribution in [-0.4, -0.2) is 22.8 Å². The minimum absolute atomic E-state index is 0.164. The van der Waals surface area contributed by atoms with Crippen molar-refractivity contribution in [2.24, 2.45) is 0 Å². The monoisotopic (exact) mass is 255 g/mol. The van der Waals surface area contributed by atoms with Gasteiger partial charge in [-0.15, -0.1) is 0 Å². The number of hydrogen-bond donors (Lipinski definition) is 2. The van der Waals surface area contributed by atoms with Crippen LogP contribution in [0.5, 0.6) is 0 Å². The number of alkyl carbamates (subject to hydrolysis) is 1. The third-order valence-corrected chi connectivity index (χ3v) is 2.00. The summed E-state index contributed by atoms with van der Waals surface area (Å²) in [5.74, 6) is -0.952. The fourth-order valence-electron chi connectivity index (χ4n) is 1.26. The van der Waals surface area contributed by atoms with Crippen molar-refractivity contribution in [1.82, 2.24) is 5.32 Å². The lowest BCUT2D eigenvalue weighted by Crippen LogP contribution is -2.33. The highest BCUT2D eigenvalue weighted by atomic mass is 16.6. The molecule has 0 radical (unpaired) electrons. The third-order valence-electron chi connectivity index (χ3n) is 2.00. The highest BCUT2D eigenvalue weighted by molar-refractivity contribution is 5.84. The van der Waals surface area contributed by atoms with Gasteiger partial charge in [0.05, 0.1) is 6.04 Å². The van der Waals surface area contributed by atoms with Crippen LogP contribution in [0.1, 0.15) is 50.1 Å². The molecule has 1 unspecified atom stereocenters. The summed E-state index contributed by atoms with van der Waals surface area (Å²) in [4.78, 5) is 22.1. The van der Waals surface area contributed by atoms with Crippen LogP contribution in [0.4, 0.5) is 4.79 Å². The molecule has 0 bridgehead atoms. The third kappa shape index (κ3) is 4.12. The molecule has 1 aromatic heterocycles. The lowest BCUT2D eigenvalue weighted by atomic mass is 10.2. The molecular weight excluding hydrogens is 238 g/mol. The van der Waals surface area contributed by atoms with Crippen molar-refractivity contribution >= 4 is 12.1 Å². The summed E-state index contributed by atoms with van der Waals surface area (Å²) in [5, 5.41) is 11.3. The number of furan rings is 1. The van der Waals surface area contributed by atoms with Gasteiger partial charge >= 0.3 is 12.1 Å². The molecule has 1 heterocycles. The van der Waals surface area contributed by atoms with E-state index in [0.29, 0.717) is 5.76 Å². The maximum Gasteiger partial charge on any atom is 0.408 e. The molecule has 0 aromatic carbocycles.